The summed E-state index contributed by atoms with van der Waals surface area (Å²) in [6.07, 6.45) is 0. The minimum Gasteiger partial charge on any atom is -0.384 e. The summed E-state index contributed by atoms with van der Waals surface area (Å²) in [7, 11) is 1.63. The molecule has 2 rings (SSSR count). The molecule has 0 radical (unpaired) electrons. The lowest BCUT2D eigenvalue weighted by Gasteiger charge is -2.06. The van der Waals surface area contributed by atoms with Crippen molar-refractivity contribution in [2.75, 3.05) is 0 Å². The van der Waals surface area contributed by atoms with E-state index in [1.54, 1.807) is 13.1 Å². The third kappa shape index (κ3) is 2.23. The average Bonchev–Trinajstić information content (AvgIpc) is 2.61. The zero-order chi connectivity index (χ0) is 12.4. The second kappa shape index (κ2) is 4.46. The second-order valence-electron chi connectivity index (χ2n) is 3.38. The predicted molar refractivity (Wildman–Crippen MR) is 65.4 cm³/mol. The van der Waals surface area contributed by atoms with Crippen LogP contribution in [0, 0.1) is 5.41 Å². The lowest BCUT2D eigenvalue weighted by atomic mass is 10.2. The van der Waals surface area contributed by atoms with Crippen LogP contribution in [0.4, 0.5) is 0 Å². The smallest absolute Gasteiger partial charge is 0.343 e. The molecule has 7 heteroatoms. The van der Waals surface area contributed by atoms with Crippen LogP contribution < -0.4 is 11.4 Å². The van der Waals surface area contributed by atoms with Crippen molar-refractivity contribution in [2.45, 2.75) is 10.1 Å². The highest BCUT2D eigenvalue weighted by Crippen LogP contribution is 2.27. The Kier molecular flexibility index (Phi) is 3.01. The number of aromatic nitrogens is 3. The number of nitrogens with one attached hydrogen (secondary N) is 2. The van der Waals surface area contributed by atoms with Crippen LogP contribution in [0.1, 0.15) is 5.56 Å². The van der Waals surface area contributed by atoms with Crippen molar-refractivity contribution in [1.29, 1.82) is 5.41 Å². The van der Waals surface area contributed by atoms with E-state index < -0.39 is 0 Å². The first-order valence-corrected chi connectivity index (χ1v) is 5.64. The van der Waals surface area contributed by atoms with E-state index in [1.807, 2.05) is 18.2 Å². The molecular weight excluding hydrogens is 238 g/mol. The third-order valence-corrected chi connectivity index (χ3v) is 3.34. The number of hydrogen-bond acceptors (Lipinski definition) is 4. The van der Waals surface area contributed by atoms with E-state index >= 15 is 0 Å². The van der Waals surface area contributed by atoms with Crippen LogP contribution in [0.25, 0.3) is 0 Å². The first-order chi connectivity index (χ1) is 8.09. The van der Waals surface area contributed by atoms with Crippen LogP contribution in [-0.4, -0.2) is 20.6 Å². The van der Waals surface area contributed by atoms with E-state index in [9.17, 15) is 4.79 Å². The minimum atomic E-state index is -0.271. The van der Waals surface area contributed by atoms with Crippen molar-refractivity contribution in [3.8, 4) is 0 Å². The van der Waals surface area contributed by atoms with Crippen LogP contribution in [-0.2, 0) is 7.05 Å². The fourth-order valence-electron chi connectivity index (χ4n) is 1.30. The van der Waals surface area contributed by atoms with Gasteiger partial charge in [-0.1, -0.05) is 18.2 Å². The summed E-state index contributed by atoms with van der Waals surface area (Å²) in [4.78, 5) is 12.0. The van der Waals surface area contributed by atoms with E-state index in [0.717, 1.165) is 4.90 Å². The summed E-state index contributed by atoms with van der Waals surface area (Å²) in [5.74, 6) is -0.00589. The van der Waals surface area contributed by atoms with Gasteiger partial charge >= 0.3 is 5.69 Å². The van der Waals surface area contributed by atoms with Crippen LogP contribution in [0.3, 0.4) is 0 Å². The quantitative estimate of drug-likeness (QED) is 0.546. The minimum absolute atomic E-state index is 0.00589. The number of benzene rings is 1. The first-order valence-electron chi connectivity index (χ1n) is 4.82. The van der Waals surface area contributed by atoms with Gasteiger partial charge in [0.1, 0.15) is 5.84 Å². The topological polar surface area (TPSA) is 101 Å². The molecule has 0 aliphatic rings. The number of nitrogens with zero attached hydrogens (tertiary/aromatic N) is 2. The fraction of sp³-hybridized carbons (Fsp3) is 0.100. The molecule has 2 aromatic rings. The fourth-order valence-corrected chi connectivity index (χ4v) is 2.24. The molecule has 0 spiro atoms. The molecule has 0 aliphatic carbocycles. The van der Waals surface area contributed by atoms with Gasteiger partial charge in [-0.2, -0.15) is 0 Å². The molecule has 1 aromatic heterocycles. The standard InChI is InChI=1S/C10H11N5OS/c1-15-9(16)13-14-10(15)17-7-5-3-2-4-6(7)8(11)12/h2-5H,1H3,(H3,11,12)(H,13,16). The molecule has 0 aliphatic heterocycles. The molecule has 0 amide bonds. The first kappa shape index (κ1) is 11.5. The Morgan fingerprint density at radius 1 is 1.53 bits per heavy atom. The number of aromatic amines is 1. The Morgan fingerprint density at radius 3 is 2.82 bits per heavy atom. The molecular formula is C10H11N5OS. The predicted octanol–water partition coefficient (Wildman–Crippen LogP) is 0.544. The van der Waals surface area contributed by atoms with Crippen molar-refractivity contribution in [3.63, 3.8) is 0 Å². The highest BCUT2D eigenvalue weighted by atomic mass is 32.2. The summed E-state index contributed by atoms with van der Waals surface area (Å²) in [5.41, 5.74) is 5.85. The maximum atomic E-state index is 11.2. The highest BCUT2D eigenvalue weighted by molar-refractivity contribution is 7.99. The normalized spacial score (nSPS) is 10.4. The highest BCUT2D eigenvalue weighted by Gasteiger charge is 2.10. The number of nitrogens with two attached hydrogens (primary N) is 1. The molecule has 0 unspecified atom stereocenters. The average molecular weight is 249 g/mol. The summed E-state index contributed by atoms with van der Waals surface area (Å²) in [5, 5.41) is 14.2. The van der Waals surface area contributed by atoms with Crippen LogP contribution in [0.5, 0.6) is 0 Å². The Hall–Kier alpha value is -2.02. The molecule has 0 atom stereocenters. The summed E-state index contributed by atoms with van der Waals surface area (Å²) in [6, 6.07) is 7.25. The van der Waals surface area contributed by atoms with E-state index in [4.69, 9.17) is 11.1 Å². The van der Waals surface area contributed by atoms with Gasteiger partial charge in [-0.3, -0.25) is 9.98 Å². The molecule has 0 saturated heterocycles. The number of hydrogen-bond donors (Lipinski definition) is 3. The number of rotatable bonds is 3. The Morgan fingerprint density at radius 2 is 2.24 bits per heavy atom. The molecule has 1 heterocycles. The van der Waals surface area contributed by atoms with E-state index in [0.29, 0.717) is 10.7 Å². The lowest BCUT2D eigenvalue weighted by Crippen LogP contribution is -2.14. The SMILES string of the molecule is Cn1c(Sc2ccccc2C(=N)N)n[nH]c1=O. The van der Waals surface area contributed by atoms with Crippen molar-refractivity contribution in [3.05, 3.63) is 40.3 Å². The van der Waals surface area contributed by atoms with Gasteiger partial charge in [0.2, 0.25) is 0 Å². The molecule has 0 saturated carbocycles. The Balaban J connectivity index is 2.40. The van der Waals surface area contributed by atoms with Gasteiger partial charge in [0.15, 0.2) is 5.16 Å². The molecule has 17 heavy (non-hydrogen) atoms. The van der Waals surface area contributed by atoms with Crippen LogP contribution in [0.15, 0.2) is 39.1 Å². The summed E-state index contributed by atoms with van der Waals surface area (Å²) < 4.78 is 1.40. The largest absolute Gasteiger partial charge is 0.384 e. The molecule has 6 nitrogen and oxygen atoms in total. The van der Waals surface area contributed by atoms with Gasteiger partial charge in [0.25, 0.3) is 0 Å². The van der Waals surface area contributed by atoms with Crippen molar-refractivity contribution in [2.24, 2.45) is 12.8 Å². The van der Waals surface area contributed by atoms with Crippen molar-refractivity contribution >= 4 is 17.6 Å². The van der Waals surface area contributed by atoms with Gasteiger partial charge in [0, 0.05) is 17.5 Å². The van der Waals surface area contributed by atoms with Crippen LogP contribution >= 0.6 is 11.8 Å². The number of amidine groups is 1. The van der Waals surface area contributed by atoms with Crippen LogP contribution in [0.2, 0.25) is 0 Å². The van der Waals surface area contributed by atoms with Gasteiger partial charge in [-0.15, -0.1) is 5.10 Å². The Bertz CT molecular complexity index is 615. The van der Waals surface area contributed by atoms with E-state index in [2.05, 4.69) is 10.2 Å². The monoisotopic (exact) mass is 249 g/mol. The number of nitrogen functional groups attached to an aromatic ring is 1. The Labute approximate surface area is 101 Å². The zero-order valence-electron chi connectivity index (χ0n) is 9.10. The lowest BCUT2D eigenvalue weighted by molar-refractivity contribution is 0.766. The van der Waals surface area contributed by atoms with Gasteiger partial charge in [-0.25, -0.2) is 9.89 Å². The zero-order valence-corrected chi connectivity index (χ0v) is 9.91. The molecule has 0 fully saturated rings. The molecule has 88 valence electrons. The van der Waals surface area contributed by atoms with Crippen molar-refractivity contribution in [1.82, 2.24) is 14.8 Å². The molecule has 4 N–H and O–H groups in total. The van der Waals surface area contributed by atoms with E-state index in [-0.39, 0.29) is 11.5 Å². The van der Waals surface area contributed by atoms with E-state index in [1.165, 1.54) is 16.3 Å². The maximum Gasteiger partial charge on any atom is 0.343 e. The summed E-state index contributed by atoms with van der Waals surface area (Å²) in [6.45, 7) is 0. The van der Waals surface area contributed by atoms with Gasteiger partial charge in [-0.05, 0) is 17.8 Å². The van der Waals surface area contributed by atoms with Gasteiger partial charge < -0.3 is 5.73 Å². The molecule has 1 aromatic carbocycles. The van der Waals surface area contributed by atoms with Gasteiger partial charge in [0.05, 0.1) is 0 Å². The number of H-pyrrole nitrogens is 1. The molecule has 0 bridgehead atoms. The summed E-state index contributed by atoms with van der Waals surface area (Å²) >= 11 is 1.29. The third-order valence-electron chi connectivity index (χ3n) is 2.22. The van der Waals surface area contributed by atoms with Crippen molar-refractivity contribution < 1.29 is 0 Å². The maximum absolute atomic E-state index is 11.2. The second-order valence-corrected chi connectivity index (χ2v) is 4.39.